The second kappa shape index (κ2) is 8.42. The van der Waals surface area contributed by atoms with E-state index in [9.17, 15) is 14.9 Å². The number of nitrogens with zero attached hydrogens (tertiary/aromatic N) is 2. The third-order valence-corrected chi connectivity index (χ3v) is 5.12. The molecule has 0 saturated carbocycles. The minimum Gasteiger partial charge on any atom is -0.457 e. The summed E-state index contributed by atoms with van der Waals surface area (Å²) in [6.07, 6.45) is 0. The summed E-state index contributed by atoms with van der Waals surface area (Å²) in [6, 6.07) is 22.7. The highest BCUT2D eigenvalue weighted by Crippen LogP contribution is 2.27. The summed E-state index contributed by atoms with van der Waals surface area (Å²) >= 11 is 3.42. The summed E-state index contributed by atoms with van der Waals surface area (Å²) in [6.45, 7) is 0.0150. The molecule has 0 radical (unpaired) electrons. The van der Waals surface area contributed by atoms with Crippen LogP contribution in [0.15, 0.2) is 83.3 Å². The van der Waals surface area contributed by atoms with E-state index in [1.54, 1.807) is 18.2 Å². The molecule has 6 nitrogen and oxygen atoms in total. The summed E-state index contributed by atoms with van der Waals surface area (Å²) in [5, 5.41) is 11.5. The van der Waals surface area contributed by atoms with Crippen LogP contribution < -0.4 is 0 Å². The number of fused-ring (bicyclic) bond motifs is 1. The van der Waals surface area contributed by atoms with E-state index in [1.807, 2.05) is 48.5 Å². The van der Waals surface area contributed by atoms with E-state index in [0.29, 0.717) is 27.7 Å². The Balaban J connectivity index is 1.64. The normalized spacial score (nSPS) is 10.7. The highest BCUT2D eigenvalue weighted by Gasteiger charge is 2.16. The number of para-hydroxylation sites is 1. The number of nitro groups is 1. The lowest BCUT2D eigenvalue weighted by atomic mass is 10.0. The molecule has 0 unspecified atom stereocenters. The van der Waals surface area contributed by atoms with Gasteiger partial charge in [-0.2, -0.15) is 0 Å². The van der Waals surface area contributed by atoms with Crippen molar-refractivity contribution < 1.29 is 14.5 Å². The Morgan fingerprint density at radius 3 is 2.40 bits per heavy atom. The molecular formula is C23H15BrN2O4. The number of pyridine rings is 1. The van der Waals surface area contributed by atoms with Crippen molar-refractivity contribution >= 4 is 38.5 Å². The first-order valence-corrected chi connectivity index (χ1v) is 9.87. The molecule has 0 atom stereocenters. The van der Waals surface area contributed by atoms with E-state index >= 15 is 0 Å². The van der Waals surface area contributed by atoms with Crippen molar-refractivity contribution in [3.63, 3.8) is 0 Å². The number of benzene rings is 3. The zero-order chi connectivity index (χ0) is 21.1. The fourth-order valence-corrected chi connectivity index (χ4v) is 3.32. The van der Waals surface area contributed by atoms with Crippen LogP contribution in [0.5, 0.6) is 0 Å². The van der Waals surface area contributed by atoms with Gasteiger partial charge >= 0.3 is 5.97 Å². The molecule has 4 rings (SSSR count). The fourth-order valence-electron chi connectivity index (χ4n) is 3.05. The van der Waals surface area contributed by atoms with Crippen LogP contribution in [-0.4, -0.2) is 15.9 Å². The SMILES string of the molecule is O=C(OCc1ccc([N+](=O)[O-])cc1)c1cc(-c2ccc(Br)cc2)nc2ccccc12. The van der Waals surface area contributed by atoms with Crippen LogP contribution in [0.25, 0.3) is 22.2 Å². The fraction of sp³-hybridized carbons (Fsp3) is 0.0435. The van der Waals surface area contributed by atoms with Gasteiger partial charge in [0.1, 0.15) is 6.61 Å². The molecule has 0 N–H and O–H groups in total. The molecule has 30 heavy (non-hydrogen) atoms. The smallest absolute Gasteiger partial charge is 0.339 e. The van der Waals surface area contributed by atoms with Gasteiger partial charge in [0, 0.05) is 27.6 Å². The molecule has 1 heterocycles. The average molecular weight is 463 g/mol. The predicted octanol–water partition coefficient (Wildman–Crippen LogP) is 5.93. The van der Waals surface area contributed by atoms with E-state index in [4.69, 9.17) is 4.74 Å². The molecule has 1 aromatic heterocycles. The minimum absolute atomic E-state index is 0.00987. The number of carbonyl (C=O) groups excluding carboxylic acids is 1. The Morgan fingerprint density at radius 2 is 1.70 bits per heavy atom. The molecule has 0 aliphatic heterocycles. The lowest BCUT2D eigenvalue weighted by molar-refractivity contribution is -0.384. The number of halogens is 1. The molecule has 0 spiro atoms. The van der Waals surface area contributed by atoms with Gasteiger partial charge in [0.05, 0.1) is 21.7 Å². The van der Waals surface area contributed by atoms with Crippen molar-refractivity contribution in [2.24, 2.45) is 0 Å². The molecule has 148 valence electrons. The summed E-state index contributed by atoms with van der Waals surface area (Å²) in [4.78, 5) is 27.9. The summed E-state index contributed by atoms with van der Waals surface area (Å²) in [5.41, 5.74) is 3.32. The van der Waals surface area contributed by atoms with Gasteiger partial charge in [-0.05, 0) is 42.0 Å². The minimum atomic E-state index is -0.481. The van der Waals surface area contributed by atoms with Crippen molar-refractivity contribution in [1.82, 2.24) is 4.98 Å². The number of hydrogen-bond donors (Lipinski definition) is 0. The van der Waals surface area contributed by atoms with Gasteiger partial charge in [-0.15, -0.1) is 0 Å². The zero-order valence-corrected chi connectivity index (χ0v) is 17.2. The lowest BCUT2D eigenvalue weighted by Gasteiger charge is -2.10. The summed E-state index contributed by atoms with van der Waals surface area (Å²) in [7, 11) is 0. The monoisotopic (exact) mass is 462 g/mol. The summed E-state index contributed by atoms with van der Waals surface area (Å²) < 4.78 is 6.44. The number of ether oxygens (including phenoxy) is 1. The van der Waals surface area contributed by atoms with Gasteiger partial charge in [0.2, 0.25) is 0 Å². The highest BCUT2D eigenvalue weighted by atomic mass is 79.9. The van der Waals surface area contributed by atoms with Crippen LogP contribution in [-0.2, 0) is 11.3 Å². The van der Waals surface area contributed by atoms with Crippen molar-refractivity contribution in [3.05, 3.63) is 105 Å². The quantitative estimate of drug-likeness (QED) is 0.208. The number of hydrogen-bond acceptors (Lipinski definition) is 5. The molecule has 0 saturated heterocycles. The first-order chi connectivity index (χ1) is 14.5. The standard InChI is InChI=1S/C23H15BrN2O4/c24-17-9-7-16(8-10-17)22-13-20(19-3-1-2-4-21(19)25-22)23(27)30-14-15-5-11-18(12-6-15)26(28)29/h1-13H,14H2. The zero-order valence-electron chi connectivity index (χ0n) is 15.6. The van der Waals surface area contributed by atoms with Crippen LogP contribution in [0.2, 0.25) is 0 Å². The third kappa shape index (κ3) is 4.21. The lowest BCUT2D eigenvalue weighted by Crippen LogP contribution is -2.07. The number of non-ortho nitro benzene ring substituents is 1. The maximum absolute atomic E-state index is 12.9. The van der Waals surface area contributed by atoms with Gasteiger partial charge in [0.25, 0.3) is 5.69 Å². The molecule has 7 heteroatoms. The van der Waals surface area contributed by atoms with E-state index in [0.717, 1.165) is 10.0 Å². The van der Waals surface area contributed by atoms with Gasteiger partial charge in [-0.1, -0.05) is 46.3 Å². The van der Waals surface area contributed by atoms with Crippen LogP contribution in [0.4, 0.5) is 5.69 Å². The molecule has 0 amide bonds. The Labute approximate surface area is 180 Å². The van der Waals surface area contributed by atoms with Crippen molar-refractivity contribution in [2.75, 3.05) is 0 Å². The molecule has 4 aromatic rings. The average Bonchev–Trinajstić information content (AvgIpc) is 2.77. The molecule has 0 aliphatic carbocycles. The second-order valence-electron chi connectivity index (χ2n) is 6.58. The second-order valence-corrected chi connectivity index (χ2v) is 7.49. The van der Waals surface area contributed by atoms with Crippen molar-refractivity contribution in [2.45, 2.75) is 6.61 Å². The highest BCUT2D eigenvalue weighted by molar-refractivity contribution is 9.10. The Hall–Kier alpha value is -3.58. The maximum Gasteiger partial charge on any atom is 0.339 e. The van der Waals surface area contributed by atoms with Gasteiger partial charge < -0.3 is 4.74 Å². The van der Waals surface area contributed by atoms with E-state index in [2.05, 4.69) is 20.9 Å². The number of carbonyl (C=O) groups is 1. The van der Waals surface area contributed by atoms with Crippen LogP contribution >= 0.6 is 15.9 Å². The number of esters is 1. The Bertz CT molecular complexity index is 1240. The Morgan fingerprint density at radius 1 is 1.00 bits per heavy atom. The van der Waals surface area contributed by atoms with Crippen molar-refractivity contribution in [1.29, 1.82) is 0 Å². The topological polar surface area (TPSA) is 82.3 Å². The molecule has 3 aromatic carbocycles. The van der Waals surface area contributed by atoms with E-state index < -0.39 is 10.9 Å². The summed E-state index contributed by atoms with van der Waals surface area (Å²) in [5.74, 6) is -0.481. The van der Waals surface area contributed by atoms with Gasteiger partial charge in [-0.3, -0.25) is 10.1 Å². The third-order valence-electron chi connectivity index (χ3n) is 4.59. The first-order valence-electron chi connectivity index (χ1n) is 9.07. The van der Waals surface area contributed by atoms with Crippen LogP contribution in [0, 0.1) is 10.1 Å². The number of rotatable bonds is 5. The molecule has 0 bridgehead atoms. The van der Waals surface area contributed by atoms with Crippen LogP contribution in [0.1, 0.15) is 15.9 Å². The van der Waals surface area contributed by atoms with Gasteiger partial charge in [0.15, 0.2) is 0 Å². The van der Waals surface area contributed by atoms with Crippen LogP contribution in [0.3, 0.4) is 0 Å². The predicted molar refractivity (Wildman–Crippen MR) is 117 cm³/mol. The van der Waals surface area contributed by atoms with Gasteiger partial charge in [-0.25, -0.2) is 9.78 Å². The maximum atomic E-state index is 12.9. The molecular weight excluding hydrogens is 448 g/mol. The Kier molecular flexibility index (Phi) is 5.54. The first kappa shape index (κ1) is 19.7. The van der Waals surface area contributed by atoms with E-state index in [1.165, 1.54) is 12.1 Å². The van der Waals surface area contributed by atoms with E-state index in [-0.39, 0.29) is 12.3 Å². The van der Waals surface area contributed by atoms with Crippen molar-refractivity contribution in [3.8, 4) is 11.3 Å². The molecule has 0 fully saturated rings. The largest absolute Gasteiger partial charge is 0.457 e. The molecule has 0 aliphatic rings. The number of aromatic nitrogens is 1. The number of nitro benzene ring substituents is 1.